The zero-order valence-corrected chi connectivity index (χ0v) is 8.97. The highest BCUT2D eigenvalue weighted by molar-refractivity contribution is 4.76. The quantitative estimate of drug-likeness (QED) is 0.600. The molecule has 0 aromatic carbocycles. The van der Waals surface area contributed by atoms with Crippen LogP contribution in [0.5, 0.6) is 0 Å². The molecule has 1 unspecified atom stereocenters. The van der Waals surface area contributed by atoms with Crippen LogP contribution in [-0.2, 0) is 0 Å². The summed E-state index contributed by atoms with van der Waals surface area (Å²) in [5, 5.41) is 9.73. The molecule has 0 bridgehead atoms. The summed E-state index contributed by atoms with van der Waals surface area (Å²) >= 11 is 0. The zero-order valence-electron chi connectivity index (χ0n) is 8.97. The lowest BCUT2D eigenvalue weighted by atomic mass is 9.79. The van der Waals surface area contributed by atoms with Gasteiger partial charge in [0.25, 0.3) is 0 Å². The van der Waals surface area contributed by atoms with E-state index in [0.717, 1.165) is 6.42 Å². The number of rotatable bonds is 7. The average Bonchev–Trinajstić information content (AvgIpc) is 2.01. The molecule has 0 aromatic heterocycles. The van der Waals surface area contributed by atoms with E-state index in [9.17, 15) is 5.11 Å². The smallest absolute Gasteiger partial charge is 0.0568 e. The lowest BCUT2D eigenvalue weighted by molar-refractivity contribution is 0.0536. The van der Waals surface area contributed by atoms with Gasteiger partial charge in [-0.3, -0.25) is 0 Å². The zero-order chi connectivity index (χ0) is 9.52. The SMILES string of the molecule is CCCCCCCC(O)C1CCC1. The Kier molecular flexibility index (Phi) is 5.45. The van der Waals surface area contributed by atoms with Gasteiger partial charge in [0, 0.05) is 0 Å². The van der Waals surface area contributed by atoms with E-state index in [1.807, 2.05) is 0 Å². The van der Waals surface area contributed by atoms with Gasteiger partial charge in [-0.1, -0.05) is 45.4 Å². The molecule has 1 atom stereocenters. The van der Waals surface area contributed by atoms with Crippen molar-refractivity contribution >= 4 is 0 Å². The van der Waals surface area contributed by atoms with E-state index >= 15 is 0 Å². The molecule has 0 aromatic rings. The van der Waals surface area contributed by atoms with Gasteiger partial charge in [0.2, 0.25) is 0 Å². The van der Waals surface area contributed by atoms with Crippen LogP contribution in [0.4, 0.5) is 0 Å². The van der Waals surface area contributed by atoms with Crippen molar-refractivity contribution in [2.75, 3.05) is 0 Å². The molecule has 0 heterocycles. The minimum absolute atomic E-state index is 0.0235. The van der Waals surface area contributed by atoms with Crippen LogP contribution in [-0.4, -0.2) is 11.2 Å². The molecule has 1 fully saturated rings. The first-order valence-electron chi connectivity index (χ1n) is 6.02. The largest absolute Gasteiger partial charge is 0.393 e. The molecule has 1 aliphatic rings. The molecular weight excluding hydrogens is 160 g/mol. The fourth-order valence-corrected chi connectivity index (χ4v) is 2.02. The third kappa shape index (κ3) is 4.12. The van der Waals surface area contributed by atoms with Gasteiger partial charge >= 0.3 is 0 Å². The maximum absolute atomic E-state index is 9.73. The minimum Gasteiger partial charge on any atom is -0.393 e. The van der Waals surface area contributed by atoms with Crippen molar-refractivity contribution in [3.05, 3.63) is 0 Å². The predicted octanol–water partition coefficient (Wildman–Crippen LogP) is 3.51. The van der Waals surface area contributed by atoms with E-state index < -0.39 is 0 Å². The second kappa shape index (κ2) is 6.42. The van der Waals surface area contributed by atoms with Gasteiger partial charge in [0.15, 0.2) is 0 Å². The van der Waals surface area contributed by atoms with E-state index in [-0.39, 0.29) is 6.10 Å². The molecule has 0 radical (unpaired) electrons. The third-order valence-corrected chi connectivity index (χ3v) is 3.30. The van der Waals surface area contributed by atoms with Gasteiger partial charge in [-0.25, -0.2) is 0 Å². The van der Waals surface area contributed by atoms with E-state index in [4.69, 9.17) is 0 Å². The summed E-state index contributed by atoms with van der Waals surface area (Å²) in [6, 6.07) is 0. The molecule has 13 heavy (non-hydrogen) atoms. The van der Waals surface area contributed by atoms with Crippen LogP contribution in [0.3, 0.4) is 0 Å². The average molecular weight is 184 g/mol. The fourth-order valence-electron chi connectivity index (χ4n) is 2.02. The van der Waals surface area contributed by atoms with Crippen LogP contribution in [0.15, 0.2) is 0 Å². The number of aliphatic hydroxyl groups is 1. The molecule has 1 rings (SSSR count). The normalized spacial score (nSPS) is 19.8. The Hall–Kier alpha value is -0.0400. The molecule has 0 amide bonds. The van der Waals surface area contributed by atoms with Crippen LogP contribution in [0.2, 0.25) is 0 Å². The summed E-state index contributed by atoms with van der Waals surface area (Å²) in [6.07, 6.45) is 11.5. The Bertz CT molecular complexity index is 118. The molecular formula is C12H24O. The summed E-state index contributed by atoms with van der Waals surface area (Å²) in [7, 11) is 0. The predicted molar refractivity (Wildman–Crippen MR) is 56.7 cm³/mol. The Balaban J connectivity index is 1.86. The fraction of sp³-hybridized carbons (Fsp3) is 1.00. The Morgan fingerprint density at radius 3 is 2.38 bits per heavy atom. The second-order valence-electron chi connectivity index (χ2n) is 4.46. The first kappa shape index (κ1) is 11.0. The molecule has 1 heteroatoms. The lowest BCUT2D eigenvalue weighted by Crippen LogP contribution is -2.26. The highest BCUT2D eigenvalue weighted by atomic mass is 16.3. The third-order valence-electron chi connectivity index (χ3n) is 3.30. The van der Waals surface area contributed by atoms with Crippen molar-refractivity contribution in [3.8, 4) is 0 Å². The summed E-state index contributed by atoms with van der Waals surface area (Å²) < 4.78 is 0. The van der Waals surface area contributed by atoms with Crippen LogP contribution in [0.1, 0.15) is 64.7 Å². The Labute approximate surface area is 82.5 Å². The van der Waals surface area contributed by atoms with E-state index in [1.165, 1.54) is 51.4 Å². The Morgan fingerprint density at radius 1 is 1.15 bits per heavy atom. The molecule has 78 valence electrons. The van der Waals surface area contributed by atoms with Crippen LogP contribution < -0.4 is 0 Å². The highest BCUT2D eigenvalue weighted by Crippen LogP contribution is 2.31. The summed E-state index contributed by atoms with van der Waals surface area (Å²) in [6.45, 7) is 2.24. The molecule has 0 saturated heterocycles. The van der Waals surface area contributed by atoms with Gasteiger partial charge in [-0.2, -0.15) is 0 Å². The van der Waals surface area contributed by atoms with Crippen molar-refractivity contribution in [1.82, 2.24) is 0 Å². The standard InChI is InChI=1S/C12H24O/c1-2-3-4-5-6-10-12(13)11-8-7-9-11/h11-13H,2-10H2,1H3. The van der Waals surface area contributed by atoms with Gasteiger partial charge < -0.3 is 5.11 Å². The van der Waals surface area contributed by atoms with Gasteiger partial charge in [-0.05, 0) is 25.2 Å². The Morgan fingerprint density at radius 2 is 1.85 bits per heavy atom. The maximum Gasteiger partial charge on any atom is 0.0568 e. The van der Waals surface area contributed by atoms with E-state index in [0.29, 0.717) is 5.92 Å². The van der Waals surface area contributed by atoms with Crippen molar-refractivity contribution in [3.63, 3.8) is 0 Å². The van der Waals surface area contributed by atoms with Crippen molar-refractivity contribution in [2.24, 2.45) is 5.92 Å². The van der Waals surface area contributed by atoms with Crippen LogP contribution in [0.25, 0.3) is 0 Å². The number of hydrogen-bond acceptors (Lipinski definition) is 1. The van der Waals surface area contributed by atoms with Crippen LogP contribution >= 0.6 is 0 Å². The monoisotopic (exact) mass is 184 g/mol. The number of aliphatic hydroxyl groups excluding tert-OH is 1. The molecule has 0 aliphatic heterocycles. The molecule has 1 saturated carbocycles. The summed E-state index contributed by atoms with van der Waals surface area (Å²) in [5.41, 5.74) is 0. The van der Waals surface area contributed by atoms with Crippen LogP contribution in [0, 0.1) is 5.92 Å². The molecule has 0 spiro atoms. The summed E-state index contributed by atoms with van der Waals surface area (Å²) in [5.74, 6) is 0.658. The minimum atomic E-state index is 0.0235. The molecule has 1 aliphatic carbocycles. The van der Waals surface area contributed by atoms with E-state index in [1.54, 1.807) is 0 Å². The number of hydrogen-bond donors (Lipinski definition) is 1. The molecule has 1 N–H and O–H groups in total. The number of unbranched alkanes of at least 4 members (excludes halogenated alkanes) is 4. The van der Waals surface area contributed by atoms with Crippen molar-refractivity contribution in [2.45, 2.75) is 70.8 Å². The van der Waals surface area contributed by atoms with Crippen molar-refractivity contribution < 1.29 is 5.11 Å². The van der Waals surface area contributed by atoms with Gasteiger partial charge in [0.1, 0.15) is 0 Å². The lowest BCUT2D eigenvalue weighted by Gasteiger charge is -2.30. The first-order chi connectivity index (χ1) is 6.34. The molecule has 1 nitrogen and oxygen atoms in total. The van der Waals surface area contributed by atoms with Gasteiger partial charge in [0.05, 0.1) is 6.10 Å². The first-order valence-corrected chi connectivity index (χ1v) is 6.02. The highest BCUT2D eigenvalue weighted by Gasteiger charge is 2.24. The van der Waals surface area contributed by atoms with E-state index in [2.05, 4.69) is 6.92 Å². The van der Waals surface area contributed by atoms with Gasteiger partial charge in [-0.15, -0.1) is 0 Å². The van der Waals surface area contributed by atoms with Crippen molar-refractivity contribution in [1.29, 1.82) is 0 Å². The second-order valence-corrected chi connectivity index (χ2v) is 4.46. The topological polar surface area (TPSA) is 20.2 Å². The maximum atomic E-state index is 9.73. The summed E-state index contributed by atoms with van der Waals surface area (Å²) in [4.78, 5) is 0.